The summed E-state index contributed by atoms with van der Waals surface area (Å²) in [6.45, 7) is 5.06. The standard InChI is InChI=1S/C11H17NO/c1-8-6-10(13)7-9(2)11(8)4-5-12-3/h6-7,12-13H,4-5H2,1-3H3. The van der Waals surface area contributed by atoms with Crippen LogP contribution in [0.5, 0.6) is 5.75 Å². The van der Waals surface area contributed by atoms with Gasteiger partial charge in [0.15, 0.2) is 0 Å². The Balaban J connectivity index is 2.92. The molecule has 0 amide bonds. The predicted molar refractivity (Wildman–Crippen MR) is 55.2 cm³/mol. The van der Waals surface area contributed by atoms with Crippen LogP contribution < -0.4 is 5.32 Å². The monoisotopic (exact) mass is 179 g/mol. The molecule has 0 saturated carbocycles. The Bertz CT molecular complexity index is 271. The molecule has 0 heterocycles. The summed E-state index contributed by atoms with van der Waals surface area (Å²) in [4.78, 5) is 0. The van der Waals surface area contributed by atoms with Gasteiger partial charge < -0.3 is 10.4 Å². The first-order valence-electron chi connectivity index (χ1n) is 4.59. The number of phenolic OH excluding ortho intramolecular Hbond substituents is 1. The fraction of sp³-hybridized carbons (Fsp3) is 0.455. The van der Waals surface area contributed by atoms with Crippen LogP contribution in [-0.2, 0) is 6.42 Å². The third kappa shape index (κ3) is 2.46. The Morgan fingerprint density at radius 3 is 2.23 bits per heavy atom. The van der Waals surface area contributed by atoms with E-state index in [1.54, 1.807) is 0 Å². The van der Waals surface area contributed by atoms with E-state index in [-0.39, 0.29) is 0 Å². The molecule has 2 heteroatoms. The van der Waals surface area contributed by atoms with Crippen molar-refractivity contribution < 1.29 is 5.11 Å². The molecule has 0 atom stereocenters. The third-order valence-corrected chi connectivity index (χ3v) is 2.31. The van der Waals surface area contributed by atoms with E-state index in [2.05, 4.69) is 5.32 Å². The number of hydrogen-bond acceptors (Lipinski definition) is 2. The molecule has 0 aliphatic carbocycles. The van der Waals surface area contributed by atoms with E-state index in [0.717, 1.165) is 13.0 Å². The maximum atomic E-state index is 9.33. The summed E-state index contributed by atoms with van der Waals surface area (Å²) < 4.78 is 0. The molecule has 0 aromatic heterocycles. The Kier molecular flexibility index (Phi) is 3.32. The van der Waals surface area contributed by atoms with Gasteiger partial charge in [-0.05, 0) is 62.7 Å². The normalized spacial score (nSPS) is 10.4. The van der Waals surface area contributed by atoms with Crippen LogP contribution in [-0.4, -0.2) is 18.7 Å². The zero-order chi connectivity index (χ0) is 9.84. The second-order valence-electron chi connectivity index (χ2n) is 3.41. The molecule has 1 aromatic carbocycles. The van der Waals surface area contributed by atoms with Crippen molar-refractivity contribution >= 4 is 0 Å². The summed E-state index contributed by atoms with van der Waals surface area (Å²) >= 11 is 0. The van der Waals surface area contributed by atoms with Crippen LogP contribution in [0.1, 0.15) is 16.7 Å². The van der Waals surface area contributed by atoms with E-state index in [1.165, 1.54) is 16.7 Å². The number of hydrogen-bond donors (Lipinski definition) is 2. The quantitative estimate of drug-likeness (QED) is 0.741. The molecule has 2 nitrogen and oxygen atoms in total. The molecule has 0 saturated heterocycles. The minimum Gasteiger partial charge on any atom is -0.508 e. The van der Waals surface area contributed by atoms with Crippen LogP contribution in [0.4, 0.5) is 0 Å². The summed E-state index contributed by atoms with van der Waals surface area (Å²) in [7, 11) is 1.95. The zero-order valence-corrected chi connectivity index (χ0v) is 8.52. The topological polar surface area (TPSA) is 32.3 Å². The molecule has 0 spiro atoms. The number of nitrogens with one attached hydrogen (secondary N) is 1. The lowest BCUT2D eigenvalue weighted by Gasteiger charge is -2.09. The van der Waals surface area contributed by atoms with Crippen molar-refractivity contribution in [1.29, 1.82) is 0 Å². The van der Waals surface area contributed by atoms with Crippen molar-refractivity contribution in [3.63, 3.8) is 0 Å². The Hall–Kier alpha value is -1.02. The maximum absolute atomic E-state index is 9.33. The van der Waals surface area contributed by atoms with Crippen molar-refractivity contribution in [1.82, 2.24) is 5.32 Å². The van der Waals surface area contributed by atoms with E-state index in [9.17, 15) is 5.11 Å². The fourth-order valence-corrected chi connectivity index (χ4v) is 1.61. The highest BCUT2D eigenvalue weighted by Crippen LogP contribution is 2.20. The lowest BCUT2D eigenvalue weighted by Crippen LogP contribution is -2.11. The number of aromatic hydroxyl groups is 1. The van der Waals surface area contributed by atoms with Gasteiger partial charge >= 0.3 is 0 Å². The summed E-state index contributed by atoms with van der Waals surface area (Å²) in [5, 5.41) is 12.5. The van der Waals surface area contributed by atoms with Crippen molar-refractivity contribution in [2.45, 2.75) is 20.3 Å². The van der Waals surface area contributed by atoms with Crippen molar-refractivity contribution in [3.8, 4) is 5.75 Å². The average molecular weight is 179 g/mol. The number of benzene rings is 1. The molecular weight excluding hydrogens is 162 g/mol. The highest BCUT2D eigenvalue weighted by molar-refractivity contribution is 5.40. The molecular formula is C11H17NO. The molecule has 13 heavy (non-hydrogen) atoms. The molecule has 0 aliphatic rings. The SMILES string of the molecule is CNCCc1c(C)cc(O)cc1C. The van der Waals surface area contributed by atoms with Gasteiger partial charge in [-0.1, -0.05) is 0 Å². The summed E-state index contributed by atoms with van der Waals surface area (Å²) in [5.74, 6) is 0.364. The van der Waals surface area contributed by atoms with Crippen LogP contribution in [0.2, 0.25) is 0 Å². The van der Waals surface area contributed by atoms with Gasteiger partial charge in [0, 0.05) is 0 Å². The van der Waals surface area contributed by atoms with E-state index in [1.807, 2.05) is 33.0 Å². The van der Waals surface area contributed by atoms with Gasteiger partial charge in [0.05, 0.1) is 0 Å². The van der Waals surface area contributed by atoms with Crippen LogP contribution in [0.15, 0.2) is 12.1 Å². The molecule has 72 valence electrons. The minimum atomic E-state index is 0.364. The molecule has 0 bridgehead atoms. The molecule has 0 fully saturated rings. The lowest BCUT2D eigenvalue weighted by atomic mass is 9.99. The second-order valence-corrected chi connectivity index (χ2v) is 3.41. The smallest absolute Gasteiger partial charge is 0.116 e. The van der Waals surface area contributed by atoms with Gasteiger partial charge in [-0.2, -0.15) is 0 Å². The fourth-order valence-electron chi connectivity index (χ4n) is 1.61. The average Bonchev–Trinajstić information content (AvgIpc) is 2.02. The first kappa shape index (κ1) is 10.1. The molecule has 0 unspecified atom stereocenters. The Labute approximate surface area is 79.6 Å². The van der Waals surface area contributed by atoms with Gasteiger partial charge in [0.25, 0.3) is 0 Å². The van der Waals surface area contributed by atoms with Crippen LogP contribution >= 0.6 is 0 Å². The van der Waals surface area contributed by atoms with Gasteiger partial charge in [0.2, 0.25) is 0 Å². The largest absolute Gasteiger partial charge is 0.508 e. The van der Waals surface area contributed by atoms with E-state index < -0.39 is 0 Å². The molecule has 0 radical (unpaired) electrons. The number of phenols is 1. The summed E-state index contributed by atoms with van der Waals surface area (Å²) in [5.41, 5.74) is 3.69. The van der Waals surface area contributed by atoms with Gasteiger partial charge in [-0.3, -0.25) is 0 Å². The van der Waals surface area contributed by atoms with Crippen molar-refractivity contribution in [3.05, 3.63) is 28.8 Å². The van der Waals surface area contributed by atoms with Crippen LogP contribution in [0.3, 0.4) is 0 Å². The van der Waals surface area contributed by atoms with Gasteiger partial charge in [-0.25, -0.2) is 0 Å². The predicted octanol–water partition coefficient (Wildman–Crippen LogP) is 1.77. The van der Waals surface area contributed by atoms with Crippen molar-refractivity contribution in [2.75, 3.05) is 13.6 Å². The molecule has 1 rings (SSSR count). The molecule has 1 aromatic rings. The van der Waals surface area contributed by atoms with E-state index >= 15 is 0 Å². The van der Waals surface area contributed by atoms with E-state index in [0.29, 0.717) is 5.75 Å². The molecule has 0 aliphatic heterocycles. The van der Waals surface area contributed by atoms with Crippen LogP contribution in [0.25, 0.3) is 0 Å². The second kappa shape index (κ2) is 4.28. The first-order chi connectivity index (χ1) is 6.15. The minimum absolute atomic E-state index is 0.364. The molecule has 2 N–H and O–H groups in total. The first-order valence-corrected chi connectivity index (χ1v) is 4.59. The van der Waals surface area contributed by atoms with Crippen LogP contribution in [0, 0.1) is 13.8 Å². The Morgan fingerprint density at radius 1 is 1.23 bits per heavy atom. The Morgan fingerprint density at radius 2 is 1.77 bits per heavy atom. The van der Waals surface area contributed by atoms with Gasteiger partial charge in [-0.15, -0.1) is 0 Å². The van der Waals surface area contributed by atoms with Crippen molar-refractivity contribution in [2.24, 2.45) is 0 Å². The van der Waals surface area contributed by atoms with Gasteiger partial charge in [0.1, 0.15) is 5.75 Å². The highest BCUT2D eigenvalue weighted by Gasteiger charge is 2.03. The van der Waals surface area contributed by atoms with E-state index in [4.69, 9.17) is 0 Å². The number of rotatable bonds is 3. The summed E-state index contributed by atoms with van der Waals surface area (Å²) in [6, 6.07) is 3.63. The number of likely N-dealkylation sites (N-methyl/N-ethyl adjacent to an activating group) is 1. The highest BCUT2D eigenvalue weighted by atomic mass is 16.3. The lowest BCUT2D eigenvalue weighted by molar-refractivity contribution is 0.474. The maximum Gasteiger partial charge on any atom is 0.116 e. The number of aryl methyl sites for hydroxylation is 2. The third-order valence-electron chi connectivity index (χ3n) is 2.31. The zero-order valence-electron chi connectivity index (χ0n) is 8.52. The summed E-state index contributed by atoms with van der Waals surface area (Å²) in [6.07, 6.45) is 1.02.